The maximum absolute atomic E-state index is 12.2. The van der Waals surface area contributed by atoms with Crippen LogP contribution in [0.1, 0.15) is 38.1 Å². The van der Waals surface area contributed by atoms with Gasteiger partial charge < -0.3 is 11.1 Å². The Balaban J connectivity index is 2.13. The van der Waals surface area contributed by atoms with Gasteiger partial charge in [-0.3, -0.25) is 9.78 Å². The topological polar surface area (TPSA) is 68.0 Å². The first-order chi connectivity index (χ1) is 8.28. The van der Waals surface area contributed by atoms with Crippen molar-refractivity contribution >= 4 is 5.91 Å². The molecule has 1 aromatic rings. The van der Waals surface area contributed by atoms with Gasteiger partial charge in [-0.15, -0.1) is 0 Å². The van der Waals surface area contributed by atoms with E-state index < -0.39 is 0 Å². The summed E-state index contributed by atoms with van der Waals surface area (Å²) in [6.07, 6.45) is 3.25. The van der Waals surface area contributed by atoms with E-state index in [0.717, 1.165) is 0 Å². The third-order valence-electron chi connectivity index (χ3n) is 4.31. The molecule has 18 heavy (non-hydrogen) atoms. The molecule has 2 rings (SSSR count). The summed E-state index contributed by atoms with van der Waals surface area (Å²) in [5, 5.41) is 3.10. The largest absolute Gasteiger partial charge is 0.348 e. The highest BCUT2D eigenvalue weighted by molar-refractivity contribution is 5.94. The Labute approximate surface area is 108 Å². The van der Waals surface area contributed by atoms with Crippen molar-refractivity contribution in [3.8, 4) is 0 Å². The Morgan fingerprint density at radius 3 is 2.22 bits per heavy atom. The van der Waals surface area contributed by atoms with E-state index in [2.05, 4.69) is 38.0 Å². The zero-order valence-electron chi connectivity index (χ0n) is 11.4. The smallest absolute Gasteiger partial charge is 0.251 e. The summed E-state index contributed by atoms with van der Waals surface area (Å²) in [4.78, 5) is 16.1. The van der Waals surface area contributed by atoms with Crippen molar-refractivity contribution < 1.29 is 4.79 Å². The van der Waals surface area contributed by atoms with Gasteiger partial charge in [-0.25, -0.2) is 0 Å². The first-order valence-electron chi connectivity index (χ1n) is 6.24. The predicted molar refractivity (Wildman–Crippen MR) is 71.0 cm³/mol. The Bertz CT molecular complexity index is 437. The second-order valence-electron chi connectivity index (χ2n) is 6.26. The second-order valence-corrected chi connectivity index (χ2v) is 6.26. The normalized spacial score (nSPS) is 28.3. The number of hydrogen-bond donors (Lipinski definition) is 2. The molecule has 1 heterocycles. The molecular formula is C14H21N3O. The molecule has 98 valence electrons. The van der Waals surface area contributed by atoms with E-state index in [4.69, 9.17) is 5.73 Å². The lowest BCUT2D eigenvalue weighted by Gasteiger charge is -2.62. The number of carbonyl (C=O) groups excluding carboxylic acids is 1. The monoisotopic (exact) mass is 247 g/mol. The first-order valence-corrected chi connectivity index (χ1v) is 6.24. The molecule has 1 aliphatic rings. The van der Waals surface area contributed by atoms with E-state index in [1.54, 1.807) is 24.5 Å². The molecule has 0 saturated heterocycles. The van der Waals surface area contributed by atoms with E-state index in [1.807, 2.05) is 0 Å². The molecule has 0 spiro atoms. The fraction of sp³-hybridized carbons (Fsp3) is 0.571. The minimum absolute atomic E-state index is 0.0598. The van der Waals surface area contributed by atoms with Crippen molar-refractivity contribution in [1.82, 2.24) is 10.3 Å². The highest BCUT2D eigenvalue weighted by Crippen LogP contribution is 2.52. The minimum Gasteiger partial charge on any atom is -0.348 e. The van der Waals surface area contributed by atoms with Crippen LogP contribution < -0.4 is 11.1 Å². The van der Waals surface area contributed by atoms with E-state index >= 15 is 0 Å². The Morgan fingerprint density at radius 2 is 1.72 bits per heavy atom. The number of nitrogens with zero attached hydrogens (tertiary/aromatic N) is 1. The molecule has 1 saturated carbocycles. The number of amides is 1. The van der Waals surface area contributed by atoms with Crippen molar-refractivity contribution in [1.29, 1.82) is 0 Å². The van der Waals surface area contributed by atoms with Gasteiger partial charge in [-0.1, -0.05) is 27.7 Å². The molecule has 0 atom stereocenters. The minimum atomic E-state index is -0.0772. The summed E-state index contributed by atoms with van der Waals surface area (Å²) in [6.45, 7) is 8.39. The van der Waals surface area contributed by atoms with Crippen molar-refractivity contribution in [2.75, 3.05) is 0 Å². The van der Waals surface area contributed by atoms with Crippen molar-refractivity contribution in [2.45, 2.75) is 39.8 Å². The van der Waals surface area contributed by atoms with Crippen LogP contribution >= 0.6 is 0 Å². The van der Waals surface area contributed by atoms with Crippen LogP contribution in [0.15, 0.2) is 24.5 Å². The molecule has 0 aliphatic heterocycles. The van der Waals surface area contributed by atoms with Gasteiger partial charge in [0.1, 0.15) is 0 Å². The average molecular weight is 247 g/mol. The first kappa shape index (κ1) is 13.0. The van der Waals surface area contributed by atoms with E-state index in [9.17, 15) is 4.79 Å². The lowest BCUT2D eigenvalue weighted by molar-refractivity contribution is -0.0663. The summed E-state index contributed by atoms with van der Waals surface area (Å²) in [5.74, 6) is -0.0598. The molecular weight excluding hydrogens is 226 g/mol. The van der Waals surface area contributed by atoms with Gasteiger partial charge in [0, 0.05) is 40.9 Å². The number of carbonyl (C=O) groups is 1. The van der Waals surface area contributed by atoms with Crippen LogP contribution in [-0.4, -0.2) is 23.0 Å². The zero-order valence-corrected chi connectivity index (χ0v) is 11.4. The van der Waals surface area contributed by atoms with Crippen molar-refractivity contribution in [2.24, 2.45) is 16.6 Å². The van der Waals surface area contributed by atoms with Gasteiger partial charge >= 0.3 is 0 Å². The number of hydrogen-bond acceptors (Lipinski definition) is 3. The van der Waals surface area contributed by atoms with Gasteiger partial charge in [-0.2, -0.15) is 0 Å². The highest BCUT2D eigenvalue weighted by atomic mass is 16.1. The van der Waals surface area contributed by atoms with Crippen LogP contribution in [0.2, 0.25) is 0 Å². The van der Waals surface area contributed by atoms with Crippen molar-refractivity contribution in [3.63, 3.8) is 0 Å². The summed E-state index contributed by atoms with van der Waals surface area (Å²) in [7, 11) is 0. The number of aromatic nitrogens is 1. The molecule has 0 bridgehead atoms. The molecule has 0 aromatic carbocycles. The summed E-state index contributed by atoms with van der Waals surface area (Å²) < 4.78 is 0. The van der Waals surface area contributed by atoms with Crippen LogP contribution in [0.5, 0.6) is 0 Å². The lowest BCUT2D eigenvalue weighted by Crippen LogP contribution is -2.76. The van der Waals surface area contributed by atoms with Crippen LogP contribution in [0, 0.1) is 10.8 Å². The average Bonchev–Trinajstić information content (AvgIpc) is 2.35. The number of pyridine rings is 1. The molecule has 3 N–H and O–H groups in total. The number of nitrogens with two attached hydrogens (primary N) is 1. The second kappa shape index (κ2) is 4.05. The third kappa shape index (κ3) is 1.81. The van der Waals surface area contributed by atoms with Gasteiger partial charge in [0.2, 0.25) is 0 Å². The standard InChI is InChI=1S/C14H21N3O/c1-13(2)11(15)14(3,4)12(13)17-10(18)9-5-7-16-8-6-9/h5-8,11-12H,15H2,1-4H3,(H,17,18). The molecule has 1 aliphatic carbocycles. The Hall–Kier alpha value is -1.42. The summed E-state index contributed by atoms with van der Waals surface area (Å²) in [5.41, 5.74) is 6.66. The van der Waals surface area contributed by atoms with E-state index in [-0.39, 0.29) is 28.8 Å². The van der Waals surface area contributed by atoms with Crippen LogP contribution in [0.25, 0.3) is 0 Å². The highest BCUT2D eigenvalue weighted by Gasteiger charge is 2.60. The molecule has 4 heteroatoms. The molecule has 0 unspecified atom stereocenters. The number of nitrogens with one attached hydrogen (secondary N) is 1. The molecule has 4 nitrogen and oxygen atoms in total. The molecule has 0 radical (unpaired) electrons. The van der Waals surface area contributed by atoms with Crippen LogP contribution in [-0.2, 0) is 0 Å². The SMILES string of the molecule is CC1(C)C(N)C(C)(C)C1NC(=O)c1ccncc1. The predicted octanol–water partition coefficient (Wildman–Crippen LogP) is 1.57. The fourth-order valence-electron chi connectivity index (χ4n) is 3.27. The third-order valence-corrected chi connectivity index (χ3v) is 4.31. The maximum atomic E-state index is 12.2. The molecule has 1 fully saturated rings. The van der Waals surface area contributed by atoms with Gasteiger partial charge in [0.05, 0.1) is 0 Å². The van der Waals surface area contributed by atoms with Crippen LogP contribution in [0.4, 0.5) is 0 Å². The number of rotatable bonds is 2. The van der Waals surface area contributed by atoms with Gasteiger partial charge in [0.15, 0.2) is 0 Å². The van der Waals surface area contributed by atoms with Crippen molar-refractivity contribution in [3.05, 3.63) is 30.1 Å². The summed E-state index contributed by atoms with van der Waals surface area (Å²) >= 11 is 0. The Morgan fingerprint density at radius 1 is 1.22 bits per heavy atom. The van der Waals surface area contributed by atoms with Gasteiger partial charge in [-0.05, 0) is 12.1 Å². The van der Waals surface area contributed by atoms with E-state index in [0.29, 0.717) is 5.56 Å². The molecule has 1 amide bonds. The zero-order chi connectivity index (χ0) is 13.6. The molecule has 1 aromatic heterocycles. The fourth-order valence-corrected chi connectivity index (χ4v) is 3.27. The Kier molecular flexibility index (Phi) is 2.93. The van der Waals surface area contributed by atoms with Crippen LogP contribution in [0.3, 0.4) is 0 Å². The maximum Gasteiger partial charge on any atom is 0.251 e. The summed E-state index contributed by atoms with van der Waals surface area (Å²) in [6, 6.07) is 3.61. The quantitative estimate of drug-likeness (QED) is 0.833. The van der Waals surface area contributed by atoms with E-state index in [1.165, 1.54) is 0 Å². The lowest BCUT2D eigenvalue weighted by atomic mass is 9.48. The van der Waals surface area contributed by atoms with Gasteiger partial charge in [0.25, 0.3) is 5.91 Å².